The summed E-state index contributed by atoms with van der Waals surface area (Å²) < 4.78 is 13.2. The van der Waals surface area contributed by atoms with Gasteiger partial charge in [-0.15, -0.1) is 0 Å². The molecule has 4 aromatic heterocycles. The highest BCUT2D eigenvalue weighted by atomic mass is 35.5. The fraction of sp³-hybridized carbons (Fsp3) is 0.349. The van der Waals surface area contributed by atoms with E-state index in [1.54, 1.807) is 6.07 Å². The van der Waals surface area contributed by atoms with Gasteiger partial charge in [0.2, 0.25) is 0 Å². The average Bonchev–Trinajstić information content (AvgIpc) is 3.92. The number of hydrogen-bond acceptors (Lipinski definition) is 4. The minimum absolute atomic E-state index is 0.263. The highest BCUT2D eigenvalue weighted by molar-refractivity contribution is 6.34. The Hall–Kier alpha value is -5.02. The number of para-hydroxylation sites is 3. The van der Waals surface area contributed by atoms with Gasteiger partial charge in [-0.3, -0.25) is 0 Å². The van der Waals surface area contributed by atoms with Crippen molar-refractivity contribution in [2.45, 2.75) is 99.8 Å². The number of nitrogens with one attached hydrogen (secondary N) is 4. The van der Waals surface area contributed by atoms with E-state index in [1.165, 1.54) is 28.3 Å². The van der Waals surface area contributed by atoms with Crippen LogP contribution in [-0.4, -0.2) is 39.9 Å². The summed E-state index contributed by atoms with van der Waals surface area (Å²) >= 11 is 5.99. The first-order valence-electron chi connectivity index (χ1n) is 18.3. The van der Waals surface area contributed by atoms with Crippen molar-refractivity contribution in [1.82, 2.24) is 39.9 Å². The molecule has 4 aromatic carbocycles. The van der Waals surface area contributed by atoms with Crippen LogP contribution < -0.4 is 0 Å². The first-order valence-corrected chi connectivity index (χ1v) is 18.7. The molecule has 0 spiro atoms. The summed E-state index contributed by atoms with van der Waals surface area (Å²) in [5, 5.41) is 0.709. The molecular formula is C43H52ClFN8. The van der Waals surface area contributed by atoms with Gasteiger partial charge in [-0.05, 0) is 67.8 Å². The largest absolute Gasteiger partial charge is 0.342 e. The fourth-order valence-electron chi connectivity index (χ4n) is 5.70. The molecule has 0 atom stereocenters. The smallest absolute Gasteiger partial charge is 0.151 e. The Morgan fingerprint density at radius 1 is 0.453 bits per heavy atom. The standard InChI is InChI=1S/C12H16N2.C11H14N2.C10H11ClN2.C10H11FN2/c1-7(2)12-13-10-8(3)5-6-9(4)11(10)14-12;1-7(2)11-12-9-6-4-5-8(3)10(9)13-11;2*1-6(2)10-12-8-5-3-4-7(11)9(8)13-10/h5-7H,1-4H3,(H,13,14);4-7H,1-3H3,(H,12,13);2*3-6H,1-2H3,(H,12,13). The monoisotopic (exact) mass is 734 g/mol. The molecule has 0 amide bonds. The van der Waals surface area contributed by atoms with E-state index in [4.69, 9.17) is 11.6 Å². The Morgan fingerprint density at radius 3 is 1.34 bits per heavy atom. The van der Waals surface area contributed by atoms with Crippen LogP contribution in [0.3, 0.4) is 0 Å². The molecule has 0 saturated heterocycles. The molecule has 0 saturated carbocycles. The van der Waals surface area contributed by atoms with Crippen molar-refractivity contribution in [2.24, 2.45) is 0 Å². The van der Waals surface area contributed by atoms with Crippen LogP contribution in [0.25, 0.3) is 44.1 Å². The summed E-state index contributed by atoms with van der Waals surface area (Å²) in [4.78, 5) is 30.8. The number of aromatic amines is 4. The number of halogens is 2. The van der Waals surface area contributed by atoms with Gasteiger partial charge in [0, 0.05) is 23.7 Å². The van der Waals surface area contributed by atoms with Crippen molar-refractivity contribution in [1.29, 1.82) is 0 Å². The van der Waals surface area contributed by atoms with Crippen LogP contribution >= 0.6 is 11.6 Å². The minimum atomic E-state index is -0.263. The van der Waals surface area contributed by atoms with Gasteiger partial charge in [0.1, 0.15) is 34.3 Å². The van der Waals surface area contributed by atoms with E-state index < -0.39 is 0 Å². The lowest BCUT2D eigenvalue weighted by atomic mass is 10.1. The number of hydrogen-bond donors (Lipinski definition) is 4. The number of fused-ring (bicyclic) bond motifs is 4. The van der Waals surface area contributed by atoms with Crippen molar-refractivity contribution in [3.8, 4) is 0 Å². The summed E-state index contributed by atoms with van der Waals surface area (Å²) in [6.45, 7) is 23.2. The number of H-pyrrole nitrogens is 4. The van der Waals surface area contributed by atoms with Crippen LogP contribution in [0.2, 0.25) is 5.02 Å². The molecule has 0 radical (unpaired) electrons. The lowest BCUT2D eigenvalue weighted by Crippen LogP contribution is -1.88. The van der Waals surface area contributed by atoms with Gasteiger partial charge < -0.3 is 19.9 Å². The molecule has 0 bridgehead atoms. The Bertz CT molecular complexity index is 2210. The van der Waals surface area contributed by atoms with Crippen LogP contribution in [-0.2, 0) is 0 Å². The maximum Gasteiger partial charge on any atom is 0.151 e. The molecule has 8 aromatic rings. The van der Waals surface area contributed by atoms with Crippen molar-refractivity contribution in [3.05, 3.63) is 118 Å². The minimum Gasteiger partial charge on any atom is -0.342 e. The highest BCUT2D eigenvalue weighted by Gasteiger charge is 2.11. The van der Waals surface area contributed by atoms with Gasteiger partial charge in [-0.1, -0.05) is 103 Å². The van der Waals surface area contributed by atoms with Gasteiger partial charge in [0.05, 0.1) is 38.1 Å². The van der Waals surface area contributed by atoms with Crippen molar-refractivity contribution in [3.63, 3.8) is 0 Å². The van der Waals surface area contributed by atoms with E-state index in [0.29, 0.717) is 34.2 Å². The predicted molar refractivity (Wildman–Crippen MR) is 220 cm³/mol. The quantitative estimate of drug-likeness (QED) is 0.144. The third-order valence-electron chi connectivity index (χ3n) is 8.96. The van der Waals surface area contributed by atoms with Crippen LogP contribution in [0.15, 0.2) is 66.7 Å². The number of nitrogens with zero attached hydrogens (tertiary/aromatic N) is 4. The van der Waals surface area contributed by atoms with E-state index >= 15 is 0 Å². The van der Waals surface area contributed by atoms with E-state index in [1.807, 2.05) is 38.1 Å². The molecule has 0 aliphatic heterocycles. The van der Waals surface area contributed by atoms with Gasteiger partial charge in [0.25, 0.3) is 0 Å². The summed E-state index contributed by atoms with van der Waals surface area (Å²) in [6, 6.07) is 21.2. The van der Waals surface area contributed by atoms with Gasteiger partial charge in [-0.25, -0.2) is 24.3 Å². The number of benzene rings is 4. The molecule has 4 heterocycles. The van der Waals surface area contributed by atoms with Gasteiger partial charge in [0.15, 0.2) is 5.82 Å². The zero-order valence-corrected chi connectivity index (χ0v) is 33.5. The molecule has 0 aliphatic rings. The molecular weight excluding hydrogens is 683 g/mol. The summed E-state index contributed by atoms with van der Waals surface area (Å²) in [5.74, 6) is 5.34. The van der Waals surface area contributed by atoms with Gasteiger partial charge in [-0.2, -0.15) is 0 Å². The first-order chi connectivity index (χ1) is 25.1. The number of aryl methyl sites for hydroxylation is 3. The molecule has 8 nitrogen and oxygen atoms in total. The van der Waals surface area contributed by atoms with Crippen LogP contribution in [0.4, 0.5) is 4.39 Å². The van der Waals surface area contributed by atoms with Crippen molar-refractivity contribution >= 4 is 55.7 Å². The highest BCUT2D eigenvalue weighted by Crippen LogP contribution is 2.25. The molecule has 278 valence electrons. The Labute approximate surface area is 316 Å². The van der Waals surface area contributed by atoms with Crippen molar-refractivity contribution < 1.29 is 4.39 Å². The van der Waals surface area contributed by atoms with Gasteiger partial charge >= 0.3 is 0 Å². The van der Waals surface area contributed by atoms with Crippen molar-refractivity contribution in [2.75, 3.05) is 0 Å². The second kappa shape index (κ2) is 16.8. The molecule has 0 fully saturated rings. The number of aromatic nitrogens is 8. The topological polar surface area (TPSA) is 115 Å². The Balaban J connectivity index is 0.000000136. The second-order valence-corrected chi connectivity index (χ2v) is 15.2. The van der Waals surface area contributed by atoms with Crippen LogP contribution in [0.5, 0.6) is 0 Å². The molecule has 10 heteroatoms. The second-order valence-electron chi connectivity index (χ2n) is 14.8. The Kier molecular flexibility index (Phi) is 12.4. The van der Waals surface area contributed by atoms with Crippen LogP contribution in [0.1, 0.15) is 119 Å². The summed E-state index contributed by atoms with van der Waals surface area (Å²) in [7, 11) is 0. The van der Waals surface area contributed by atoms with E-state index in [0.717, 1.165) is 56.4 Å². The fourth-order valence-corrected chi connectivity index (χ4v) is 5.91. The summed E-state index contributed by atoms with van der Waals surface area (Å²) in [5.41, 5.74) is 11.4. The zero-order chi connectivity index (χ0) is 38.6. The molecule has 4 N–H and O–H groups in total. The van der Waals surface area contributed by atoms with Crippen LogP contribution in [0, 0.1) is 26.6 Å². The number of imidazole rings is 4. The summed E-state index contributed by atoms with van der Waals surface area (Å²) in [6.07, 6.45) is 0. The molecule has 8 rings (SSSR count). The normalized spacial score (nSPS) is 11.4. The zero-order valence-electron chi connectivity index (χ0n) is 32.7. The predicted octanol–water partition coefficient (Wildman–Crippen LogP) is 12.5. The first kappa shape index (κ1) is 39.2. The average molecular weight is 735 g/mol. The van der Waals surface area contributed by atoms with E-state index in [-0.39, 0.29) is 5.82 Å². The third kappa shape index (κ3) is 9.14. The molecule has 53 heavy (non-hydrogen) atoms. The van der Waals surface area contributed by atoms with E-state index in [2.05, 4.69) is 133 Å². The van der Waals surface area contributed by atoms with E-state index in [9.17, 15) is 4.39 Å². The number of rotatable bonds is 4. The SMILES string of the molecule is CC(C)c1nc2c(Cl)cccc2[nH]1.CC(C)c1nc2c(F)cccc2[nH]1.Cc1ccc(C)c2[nH]c(C(C)C)nc12.Cc1cccc2[nH]c(C(C)C)nc12. The lowest BCUT2D eigenvalue weighted by molar-refractivity contribution is 0.636. The maximum atomic E-state index is 13.2. The molecule has 0 unspecified atom stereocenters. The maximum absolute atomic E-state index is 13.2. The Morgan fingerprint density at radius 2 is 0.849 bits per heavy atom. The third-order valence-corrected chi connectivity index (χ3v) is 9.26. The lowest BCUT2D eigenvalue weighted by Gasteiger charge is -1.97. The molecule has 0 aliphatic carbocycles.